The van der Waals surface area contributed by atoms with Crippen LogP contribution in [0, 0.1) is 5.92 Å². The lowest BCUT2D eigenvalue weighted by Crippen LogP contribution is -2.51. The summed E-state index contributed by atoms with van der Waals surface area (Å²) in [7, 11) is 2.45. The van der Waals surface area contributed by atoms with Gasteiger partial charge in [-0.05, 0) is 25.7 Å². The molecule has 0 aromatic carbocycles. The molecule has 1 rings (SSSR count). The average molecular weight is 220 g/mol. The minimum atomic E-state index is 0. The molecule has 0 spiro atoms. The lowest BCUT2D eigenvalue weighted by Gasteiger charge is -2.40. The van der Waals surface area contributed by atoms with Gasteiger partial charge in [-0.3, -0.25) is 0 Å². The highest BCUT2D eigenvalue weighted by molar-refractivity contribution is 4.59. The SMILES string of the molecule is CCCCC[N+]1(C)CCCC(C)C1.O.O. The summed E-state index contributed by atoms with van der Waals surface area (Å²) >= 11 is 0. The van der Waals surface area contributed by atoms with E-state index in [1.54, 1.807) is 0 Å². The van der Waals surface area contributed by atoms with Crippen LogP contribution in [0.25, 0.3) is 0 Å². The van der Waals surface area contributed by atoms with Crippen LogP contribution in [0.4, 0.5) is 0 Å². The lowest BCUT2D eigenvalue weighted by molar-refractivity contribution is -0.917. The Morgan fingerprint density at radius 1 is 1.20 bits per heavy atom. The maximum absolute atomic E-state index is 2.45. The van der Waals surface area contributed by atoms with Crippen LogP contribution in [-0.4, -0.2) is 42.1 Å². The average Bonchev–Trinajstić information content (AvgIpc) is 2.04. The van der Waals surface area contributed by atoms with Crippen LogP contribution >= 0.6 is 0 Å². The summed E-state index contributed by atoms with van der Waals surface area (Å²) < 4.78 is 1.35. The van der Waals surface area contributed by atoms with Crippen LogP contribution in [0.5, 0.6) is 0 Å². The van der Waals surface area contributed by atoms with Gasteiger partial charge in [-0.25, -0.2) is 0 Å². The van der Waals surface area contributed by atoms with Gasteiger partial charge in [-0.15, -0.1) is 0 Å². The maximum Gasteiger partial charge on any atom is 0.0810 e. The van der Waals surface area contributed by atoms with Gasteiger partial charge in [-0.1, -0.05) is 20.3 Å². The van der Waals surface area contributed by atoms with E-state index in [0.29, 0.717) is 0 Å². The van der Waals surface area contributed by atoms with Gasteiger partial charge in [0.1, 0.15) is 0 Å². The van der Waals surface area contributed by atoms with E-state index in [0.717, 1.165) is 5.92 Å². The summed E-state index contributed by atoms with van der Waals surface area (Å²) in [4.78, 5) is 0. The molecule has 15 heavy (non-hydrogen) atoms. The first-order chi connectivity index (χ1) is 6.16. The third-order valence-corrected chi connectivity index (χ3v) is 3.45. The molecule has 3 nitrogen and oxygen atoms in total. The topological polar surface area (TPSA) is 63.0 Å². The summed E-state index contributed by atoms with van der Waals surface area (Å²) in [6.45, 7) is 8.96. The molecule has 1 saturated heterocycles. The van der Waals surface area contributed by atoms with Gasteiger partial charge in [0.2, 0.25) is 0 Å². The number of unbranched alkanes of at least 4 members (excludes halogenated alkanes) is 2. The third-order valence-electron chi connectivity index (χ3n) is 3.45. The molecule has 94 valence electrons. The Balaban J connectivity index is 0. The molecule has 0 amide bonds. The number of quaternary nitrogens is 1. The Hall–Kier alpha value is -0.120. The van der Waals surface area contributed by atoms with E-state index in [1.165, 1.54) is 56.2 Å². The number of likely N-dealkylation sites (tertiary alicyclic amines) is 1. The number of nitrogens with zero attached hydrogens (tertiary/aromatic N) is 1. The Bertz CT molecular complexity index is 153. The first kappa shape index (κ1) is 17.3. The number of hydrogen-bond donors (Lipinski definition) is 0. The van der Waals surface area contributed by atoms with E-state index in [9.17, 15) is 0 Å². The fourth-order valence-electron chi connectivity index (χ4n) is 2.70. The monoisotopic (exact) mass is 220 g/mol. The zero-order valence-corrected chi connectivity index (χ0v) is 10.7. The molecule has 3 heteroatoms. The van der Waals surface area contributed by atoms with Crippen LogP contribution in [0.3, 0.4) is 0 Å². The number of piperidine rings is 1. The normalized spacial score (nSPS) is 30.2. The second-order valence-electron chi connectivity index (χ2n) is 5.20. The summed E-state index contributed by atoms with van der Waals surface area (Å²) in [5, 5.41) is 0. The molecule has 1 fully saturated rings. The summed E-state index contributed by atoms with van der Waals surface area (Å²) in [6.07, 6.45) is 7.11. The predicted octanol–water partition coefficient (Wildman–Crippen LogP) is 1.40. The highest BCUT2D eigenvalue weighted by Crippen LogP contribution is 2.21. The summed E-state index contributed by atoms with van der Waals surface area (Å²) in [5.41, 5.74) is 0. The molecule has 0 saturated carbocycles. The van der Waals surface area contributed by atoms with E-state index in [4.69, 9.17) is 0 Å². The highest BCUT2D eigenvalue weighted by atomic mass is 16.0. The first-order valence-corrected chi connectivity index (χ1v) is 6.00. The zero-order chi connectivity index (χ0) is 9.73. The van der Waals surface area contributed by atoms with Crippen LogP contribution in [0.2, 0.25) is 0 Å². The van der Waals surface area contributed by atoms with E-state index < -0.39 is 0 Å². The second-order valence-corrected chi connectivity index (χ2v) is 5.20. The number of rotatable bonds is 4. The summed E-state index contributed by atoms with van der Waals surface area (Å²) in [5.74, 6) is 0.959. The molecule has 0 bridgehead atoms. The molecule has 4 N–H and O–H groups in total. The molecule has 1 aliphatic rings. The van der Waals surface area contributed by atoms with Crippen molar-refractivity contribution in [2.45, 2.75) is 46.0 Å². The van der Waals surface area contributed by atoms with Crippen molar-refractivity contribution >= 4 is 0 Å². The van der Waals surface area contributed by atoms with Crippen molar-refractivity contribution in [1.82, 2.24) is 0 Å². The van der Waals surface area contributed by atoms with Gasteiger partial charge in [0, 0.05) is 5.92 Å². The fourth-order valence-corrected chi connectivity index (χ4v) is 2.70. The second kappa shape index (κ2) is 8.08. The molecule has 2 atom stereocenters. The fraction of sp³-hybridized carbons (Fsp3) is 1.00. The van der Waals surface area contributed by atoms with E-state index in [2.05, 4.69) is 20.9 Å². The molecule has 0 aromatic heterocycles. The van der Waals surface area contributed by atoms with Gasteiger partial charge in [0.25, 0.3) is 0 Å². The van der Waals surface area contributed by atoms with Gasteiger partial charge in [0.05, 0.1) is 26.7 Å². The van der Waals surface area contributed by atoms with Gasteiger partial charge in [-0.2, -0.15) is 0 Å². The quantitative estimate of drug-likeness (QED) is 0.508. The smallest absolute Gasteiger partial charge is 0.0810 e. The van der Waals surface area contributed by atoms with Gasteiger partial charge < -0.3 is 15.4 Å². The van der Waals surface area contributed by atoms with Crippen LogP contribution in [0.15, 0.2) is 0 Å². The van der Waals surface area contributed by atoms with Crippen LogP contribution in [0.1, 0.15) is 46.0 Å². The zero-order valence-electron chi connectivity index (χ0n) is 10.7. The molecule has 0 radical (unpaired) electrons. The van der Waals surface area contributed by atoms with Crippen LogP contribution in [-0.2, 0) is 0 Å². The molecule has 1 aliphatic heterocycles. The maximum atomic E-state index is 2.45. The van der Waals surface area contributed by atoms with Crippen molar-refractivity contribution in [3.05, 3.63) is 0 Å². The number of hydrogen-bond acceptors (Lipinski definition) is 0. The van der Waals surface area contributed by atoms with Crippen molar-refractivity contribution < 1.29 is 15.4 Å². The molecular formula is C12H30NO2+. The van der Waals surface area contributed by atoms with Crippen molar-refractivity contribution in [1.29, 1.82) is 0 Å². The first-order valence-electron chi connectivity index (χ1n) is 6.00. The Morgan fingerprint density at radius 2 is 1.87 bits per heavy atom. The highest BCUT2D eigenvalue weighted by Gasteiger charge is 2.27. The Morgan fingerprint density at radius 3 is 2.40 bits per heavy atom. The minimum absolute atomic E-state index is 0. The summed E-state index contributed by atoms with van der Waals surface area (Å²) in [6, 6.07) is 0. The van der Waals surface area contributed by atoms with E-state index in [1.807, 2.05) is 0 Å². The molecule has 2 unspecified atom stereocenters. The van der Waals surface area contributed by atoms with Crippen molar-refractivity contribution in [2.75, 3.05) is 26.7 Å². The van der Waals surface area contributed by atoms with Crippen molar-refractivity contribution in [3.8, 4) is 0 Å². The lowest BCUT2D eigenvalue weighted by atomic mass is 9.98. The Kier molecular flexibility index (Phi) is 9.31. The Labute approximate surface area is 94.7 Å². The minimum Gasteiger partial charge on any atom is -0.412 e. The van der Waals surface area contributed by atoms with Crippen molar-refractivity contribution in [3.63, 3.8) is 0 Å². The van der Waals surface area contributed by atoms with Gasteiger partial charge >= 0.3 is 0 Å². The molecular weight excluding hydrogens is 190 g/mol. The standard InChI is InChI=1S/C12H26N.2H2O/c1-4-5-6-9-13(3)10-7-8-12(2)11-13;;/h12H,4-11H2,1-3H3;2*1H2/q+1;;. The van der Waals surface area contributed by atoms with E-state index >= 15 is 0 Å². The third kappa shape index (κ3) is 6.13. The van der Waals surface area contributed by atoms with E-state index in [-0.39, 0.29) is 11.0 Å². The molecule has 0 aromatic rings. The molecule has 1 heterocycles. The van der Waals surface area contributed by atoms with Crippen LogP contribution < -0.4 is 0 Å². The molecule has 0 aliphatic carbocycles. The van der Waals surface area contributed by atoms with Crippen molar-refractivity contribution in [2.24, 2.45) is 5.92 Å². The predicted molar refractivity (Wildman–Crippen MR) is 65.9 cm³/mol. The largest absolute Gasteiger partial charge is 0.412 e. The van der Waals surface area contributed by atoms with Gasteiger partial charge in [0.15, 0.2) is 0 Å².